The molecule has 1 aromatic carbocycles. The number of hydrogen-bond acceptors (Lipinski definition) is 5. The Labute approximate surface area is 145 Å². The predicted molar refractivity (Wildman–Crippen MR) is 86.9 cm³/mol. The first kappa shape index (κ1) is 18.6. The highest BCUT2D eigenvalue weighted by Gasteiger charge is 2.34. The molecule has 0 unspecified atom stereocenters. The first-order valence-electron chi connectivity index (χ1n) is 6.74. The summed E-state index contributed by atoms with van der Waals surface area (Å²) in [4.78, 5) is 21.9. The summed E-state index contributed by atoms with van der Waals surface area (Å²) in [5, 5.41) is 0. The van der Waals surface area contributed by atoms with Crippen molar-refractivity contribution in [3.8, 4) is 5.75 Å². The van der Waals surface area contributed by atoms with Crippen LogP contribution in [0.2, 0.25) is 0 Å². The molecule has 2 heterocycles. The van der Waals surface area contributed by atoms with Crippen LogP contribution in [0.1, 0.15) is 11.1 Å². The number of halogens is 4. The fraction of sp³-hybridized carbons (Fsp3) is 0.214. The molecule has 11 heteroatoms. The van der Waals surface area contributed by atoms with Crippen LogP contribution < -0.4 is 16.0 Å². The standard InChI is InChI=1S/C14H12F3N5O2.ClH/c1-24-9-3-2-7(4-8(9)14(15,16)17)5-22-6-19-10-11(22)20-13(18)21-12(10)23;/h2-4,6H,5H2,1H3,(H3,18,20,21,23);1H. The van der Waals surface area contributed by atoms with Crippen molar-refractivity contribution in [3.05, 3.63) is 46.0 Å². The fourth-order valence-electron chi connectivity index (χ4n) is 2.36. The van der Waals surface area contributed by atoms with E-state index in [1.807, 2.05) is 0 Å². The summed E-state index contributed by atoms with van der Waals surface area (Å²) < 4.78 is 45.4. The summed E-state index contributed by atoms with van der Waals surface area (Å²) in [6.07, 6.45) is -3.22. The zero-order valence-electron chi connectivity index (χ0n) is 12.8. The highest BCUT2D eigenvalue weighted by atomic mass is 35.5. The van der Waals surface area contributed by atoms with Gasteiger partial charge in [0.1, 0.15) is 5.75 Å². The minimum atomic E-state index is -4.54. The average molecular weight is 376 g/mol. The first-order valence-corrected chi connectivity index (χ1v) is 6.74. The Bertz CT molecular complexity index is 967. The predicted octanol–water partition coefficient (Wildman–Crippen LogP) is 2.20. The van der Waals surface area contributed by atoms with Crippen molar-refractivity contribution in [1.82, 2.24) is 19.5 Å². The summed E-state index contributed by atoms with van der Waals surface area (Å²) in [6.45, 7) is 0.0411. The Kier molecular flexibility index (Phi) is 4.93. The number of H-pyrrole nitrogens is 1. The molecule has 0 bridgehead atoms. The molecule has 0 saturated carbocycles. The minimum Gasteiger partial charge on any atom is -0.496 e. The number of hydrogen-bond donors (Lipinski definition) is 2. The van der Waals surface area contributed by atoms with Crippen molar-refractivity contribution in [3.63, 3.8) is 0 Å². The average Bonchev–Trinajstić information content (AvgIpc) is 2.89. The topological polar surface area (TPSA) is 98.8 Å². The highest BCUT2D eigenvalue weighted by molar-refractivity contribution is 5.85. The maximum Gasteiger partial charge on any atom is 0.419 e. The number of aromatic nitrogens is 4. The van der Waals surface area contributed by atoms with E-state index in [4.69, 9.17) is 10.5 Å². The van der Waals surface area contributed by atoms with Crippen molar-refractivity contribution in [1.29, 1.82) is 0 Å². The van der Waals surface area contributed by atoms with Crippen LogP contribution in [0.3, 0.4) is 0 Å². The normalized spacial score (nSPS) is 11.4. The van der Waals surface area contributed by atoms with E-state index in [1.54, 1.807) is 0 Å². The zero-order valence-corrected chi connectivity index (χ0v) is 13.6. The third-order valence-corrected chi connectivity index (χ3v) is 3.42. The molecule has 0 amide bonds. The molecule has 2 aromatic heterocycles. The number of anilines is 1. The van der Waals surface area contributed by atoms with Crippen LogP contribution in [0.4, 0.5) is 19.1 Å². The van der Waals surface area contributed by atoms with Gasteiger partial charge < -0.3 is 15.0 Å². The Morgan fingerprint density at radius 1 is 1.36 bits per heavy atom. The molecule has 0 spiro atoms. The monoisotopic (exact) mass is 375 g/mol. The van der Waals surface area contributed by atoms with Gasteiger partial charge in [0, 0.05) is 0 Å². The van der Waals surface area contributed by atoms with E-state index in [1.165, 1.54) is 30.1 Å². The fourth-order valence-corrected chi connectivity index (χ4v) is 2.36. The van der Waals surface area contributed by atoms with Crippen LogP contribution in [0.5, 0.6) is 5.75 Å². The molecule has 3 rings (SSSR count). The van der Waals surface area contributed by atoms with Crippen molar-refractivity contribution in [2.24, 2.45) is 0 Å². The van der Waals surface area contributed by atoms with Gasteiger partial charge in [0.15, 0.2) is 11.2 Å². The molecule has 3 N–H and O–H groups in total. The van der Waals surface area contributed by atoms with Crippen LogP contribution in [-0.2, 0) is 12.7 Å². The van der Waals surface area contributed by atoms with E-state index in [2.05, 4.69) is 15.0 Å². The number of aromatic amines is 1. The van der Waals surface area contributed by atoms with Crippen molar-refractivity contribution < 1.29 is 17.9 Å². The van der Waals surface area contributed by atoms with Crippen LogP contribution in [0.15, 0.2) is 29.3 Å². The van der Waals surface area contributed by atoms with Crippen LogP contribution in [-0.4, -0.2) is 26.6 Å². The number of ether oxygens (including phenoxy) is 1. The molecule has 0 aliphatic heterocycles. The lowest BCUT2D eigenvalue weighted by atomic mass is 10.1. The summed E-state index contributed by atoms with van der Waals surface area (Å²) in [6, 6.07) is 3.73. The van der Waals surface area contributed by atoms with Crippen molar-refractivity contribution in [2.75, 3.05) is 12.8 Å². The zero-order chi connectivity index (χ0) is 17.5. The van der Waals surface area contributed by atoms with Crippen LogP contribution >= 0.6 is 12.4 Å². The largest absolute Gasteiger partial charge is 0.496 e. The molecule has 0 saturated heterocycles. The van der Waals surface area contributed by atoms with Gasteiger partial charge in [-0.2, -0.15) is 18.2 Å². The highest BCUT2D eigenvalue weighted by Crippen LogP contribution is 2.36. The van der Waals surface area contributed by atoms with Crippen LogP contribution in [0, 0.1) is 0 Å². The number of rotatable bonds is 3. The SMILES string of the molecule is COc1ccc(Cn2cnc3c(=O)[nH]c(N)nc32)cc1C(F)(F)F.Cl. The van der Waals surface area contributed by atoms with Crippen molar-refractivity contribution in [2.45, 2.75) is 12.7 Å². The summed E-state index contributed by atoms with van der Waals surface area (Å²) >= 11 is 0. The van der Waals surface area contributed by atoms with Gasteiger partial charge in [-0.3, -0.25) is 9.78 Å². The van der Waals surface area contributed by atoms with Gasteiger partial charge in [-0.05, 0) is 17.7 Å². The Hall–Kier alpha value is -2.75. The van der Waals surface area contributed by atoms with Gasteiger partial charge in [0.2, 0.25) is 5.95 Å². The smallest absolute Gasteiger partial charge is 0.419 e. The first-order chi connectivity index (χ1) is 11.3. The number of alkyl halides is 3. The number of imidazole rings is 1. The molecule has 0 atom stereocenters. The summed E-state index contributed by atoms with van der Waals surface area (Å²) in [5.74, 6) is -0.361. The van der Waals surface area contributed by atoms with E-state index in [-0.39, 0.29) is 41.8 Å². The molecule has 0 fully saturated rings. The molecule has 25 heavy (non-hydrogen) atoms. The summed E-state index contributed by atoms with van der Waals surface area (Å²) in [7, 11) is 1.17. The maximum absolute atomic E-state index is 13.1. The lowest BCUT2D eigenvalue weighted by molar-refractivity contribution is -0.138. The van der Waals surface area contributed by atoms with E-state index in [0.29, 0.717) is 5.56 Å². The van der Waals surface area contributed by atoms with Gasteiger partial charge >= 0.3 is 6.18 Å². The number of benzene rings is 1. The van der Waals surface area contributed by atoms with Gasteiger partial charge in [-0.25, -0.2) is 4.98 Å². The van der Waals surface area contributed by atoms with Crippen molar-refractivity contribution >= 4 is 29.5 Å². The lowest BCUT2D eigenvalue weighted by Gasteiger charge is -2.13. The van der Waals surface area contributed by atoms with Crippen LogP contribution in [0.25, 0.3) is 11.2 Å². The van der Waals surface area contributed by atoms with Gasteiger partial charge in [-0.15, -0.1) is 12.4 Å². The Morgan fingerprint density at radius 2 is 2.08 bits per heavy atom. The Balaban J connectivity index is 0.00000225. The van der Waals surface area contributed by atoms with Gasteiger partial charge in [0.25, 0.3) is 5.56 Å². The molecule has 3 aromatic rings. The minimum absolute atomic E-state index is 0. The van der Waals surface area contributed by atoms with E-state index >= 15 is 0 Å². The molecular formula is C14H13ClF3N5O2. The molecule has 7 nitrogen and oxygen atoms in total. The molecule has 134 valence electrons. The Morgan fingerprint density at radius 3 is 2.72 bits per heavy atom. The lowest BCUT2D eigenvalue weighted by Crippen LogP contribution is -2.13. The molecule has 0 aliphatic rings. The number of nitrogens with one attached hydrogen (secondary N) is 1. The second-order valence-corrected chi connectivity index (χ2v) is 5.03. The van der Waals surface area contributed by atoms with E-state index < -0.39 is 17.3 Å². The number of methoxy groups -OCH3 is 1. The quantitative estimate of drug-likeness (QED) is 0.731. The molecule has 0 radical (unpaired) electrons. The summed E-state index contributed by atoms with van der Waals surface area (Å²) in [5.41, 5.74) is 4.71. The maximum atomic E-state index is 13.1. The van der Waals surface area contributed by atoms with Gasteiger partial charge in [-0.1, -0.05) is 6.07 Å². The second kappa shape index (κ2) is 6.63. The van der Waals surface area contributed by atoms with Gasteiger partial charge in [0.05, 0.1) is 25.5 Å². The third kappa shape index (κ3) is 3.53. The van der Waals surface area contributed by atoms with E-state index in [0.717, 1.165) is 6.07 Å². The number of nitrogens with two attached hydrogens (primary N) is 1. The molecule has 0 aliphatic carbocycles. The molecular weight excluding hydrogens is 363 g/mol. The number of fused-ring (bicyclic) bond motifs is 1. The number of nitrogen functional groups attached to an aromatic ring is 1. The number of nitrogens with zero attached hydrogens (tertiary/aromatic N) is 3. The van der Waals surface area contributed by atoms with E-state index in [9.17, 15) is 18.0 Å². The third-order valence-electron chi connectivity index (χ3n) is 3.42. The second-order valence-electron chi connectivity index (χ2n) is 5.03.